The lowest BCUT2D eigenvalue weighted by Crippen LogP contribution is -2.41. The van der Waals surface area contributed by atoms with E-state index >= 15 is 0 Å². The van der Waals surface area contributed by atoms with E-state index < -0.39 is 0 Å². The minimum atomic E-state index is -0.330. The summed E-state index contributed by atoms with van der Waals surface area (Å²) in [5.41, 5.74) is 0.951. The number of aryl methyl sites for hydroxylation is 1. The van der Waals surface area contributed by atoms with E-state index in [0.29, 0.717) is 12.5 Å². The average Bonchev–Trinajstić information content (AvgIpc) is 2.63. The molecule has 1 amide bonds. The number of alkyl carbamates (subject to hydrolysis) is 1. The molecular weight excluding hydrogens is 328 g/mol. The van der Waals surface area contributed by atoms with Crippen molar-refractivity contribution in [3.8, 4) is 0 Å². The standard InChI is InChI=1S/C13H19BrN2O2S/c1-13(2,3)16-12(17)18-7-8-4-5-9-10(6-8)19-11(14)15-9/h8H,4-7H2,1-3H3,(H,16,17). The number of carbonyl (C=O) groups excluding carboxylic acids is 1. The molecule has 1 heterocycles. The second-order valence-electron chi connectivity index (χ2n) is 5.92. The van der Waals surface area contributed by atoms with Crippen molar-refractivity contribution in [2.24, 2.45) is 5.92 Å². The van der Waals surface area contributed by atoms with E-state index in [-0.39, 0.29) is 11.6 Å². The normalized spacial score (nSPS) is 18.8. The zero-order chi connectivity index (χ0) is 14.0. The molecule has 4 nitrogen and oxygen atoms in total. The zero-order valence-corrected chi connectivity index (χ0v) is 13.9. The van der Waals surface area contributed by atoms with Crippen LogP contribution >= 0.6 is 27.3 Å². The topological polar surface area (TPSA) is 51.2 Å². The van der Waals surface area contributed by atoms with Crippen LogP contribution in [0.4, 0.5) is 4.79 Å². The van der Waals surface area contributed by atoms with Crippen LogP contribution < -0.4 is 5.32 Å². The van der Waals surface area contributed by atoms with Crippen molar-refractivity contribution in [3.05, 3.63) is 14.5 Å². The summed E-state index contributed by atoms with van der Waals surface area (Å²) in [6, 6.07) is 0. The van der Waals surface area contributed by atoms with Crippen LogP contribution in [0.15, 0.2) is 3.92 Å². The lowest BCUT2D eigenvalue weighted by molar-refractivity contribution is 0.116. The highest BCUT2D eigenvalue weighted by Crippen LogP contribution is 2.32. The number of halogens is 1. The van der Waals surface area contributed by atoms with E-state index in [1.54, 1.807) is 11.3 Å². The van der Waals surface area contributed by atoms with Crippen LogP contribution in [0.2, 0.25) is 0 Å². The van der Waals surface area contributed by atoms with Gasteiger partial charge in [-0.25, -0.2) is 9.78 Å². The molecule has 1 N–H and O–H groups in total. The van der Waals surface area contributed by atoms with E-state index in [1.165, 1.54) is 10.6 Å². The van der Waals surface area contributed by atoms with Gasteiger partial charge in [0.25, 0.3) is 0 Å². The molecule has 0 fully saturated rings. The summed E-state index contributed by atoms with van der Waals surface area (Å²) in [6.07, 6.45) is 2.64. The monoisotopic (exact) mass is 346 g/mol. The lowest BCUT2D eigenvalue weighted by atomic mass is 9.92. The maximum atomic E-state index is 11.6. The number of rotatable bonds is 2. The SMILES string of the molecule is CC(C)(C)NC(=O)OCC1CCc2nc(Br)sc2C1. The molecule has 1 unspecified atom stereocenters. The Morgan fingerprint density at radius 3 is 3.00 bits per heavy atom. The molecule has 106 valence electrons. The molecule has 0 radical (unpaired) electrons. The Kier molecular flexibility index (Phi) is 4.50. The summed E-state index contributed by atoms with van der Waals surface area (Å²) in [6.45, 7) is 6.30. The van der Waals surface area contributed by atoms with Crippen LogP contribution in [0, 0.1) is 5.92 Å². The summed E-state index contributed by atoms with van der Waals surface area (Å²) in [7, 11) is 0. The quantitative estimate of drug-likeness (QED) is 0.890. The van der Waals surface area contributed by atoms with Gasteiger partial charge in [-0.15, -0.1) is 11.3 Å². The van der Waals surface area contributed by atoms with Gasteiger partial charge in [-0.2, -0.15) is 0 Å². The lowest BCUT2D eigenvalue weighted by Gasteiger charge is -2.23. The van der Waals surface area contributed by atoms with Gasteiger partial charge in [0.15, 0.2) is 3.92 Å². The molecule has 0 bridgehead atoms. The Morgan fingerprint density at radius 2 is 2.32 bits per heavy atom. The summed E-state index contributed by atoms with van der Waals surface area (Å²) < 4.78 is 6.25. The van der Waals surface area contributed by atoms with E-state index in [2.05, 4.69) is 26.2 Å². The van der Waals surface area contributed by atoms with Crippen molar-refractivity contribution in [3.63, 3.8) is 0 Å². The number of nitrogens with one attached hydrogen (secondary N) is 1. The second kappa shape index (κ2) is 5.79. The molecule has 1 aliphatic carbocycles. The molecule has 0 aliphatic heterocycles. The first-order chi connectivity index (χ1) is 8.83. The van der Waals surface area contributed by atoms with Crippen molar-refractivity contribution < 1.29 is 9.53 Å². The first-order valence-electron chi connectivity index (χ1n) is 6.42. The van der Waals surface area contributed by atoms with Crippen LogP contribution in [0.1, 0.15) is 37.8 Å². The van der Waals surface area contributed by atoms with Crippen molar-refractivity contribution in [2.45, 2.75) is 45.6 Å². The maximum absolute atomic E-state index is 11.6. The molecule has 2 rings (SSSR count). The van der Waals surface area contributed by atoms with E-state index in [0.717, 1.165) is 23.2 Å². The minimum absolute atomic E-state index is 0.251. The highest BCUT2D eigenvalue weighted by Gasteiger charge is 2.24. The van der Waals surface area contributed by atoms with Gasteiger partial charge in [0.05, 0.1) is 12.3 Å². The first kappa shape index (κ1) is 14.8. The zero-order valence-electron chi connectivity index (χ0n) is 11.5. The van der Waals surface area contributed by atoms with E-state index in [4.69, 9.17) is 4.74 Å². The highest BCUT2D eigenvalue weighted by molar-refractivity contribution is 9.11. The average molecular weight is 347 g/mol. The van der Waals surface area contributed by atoms with Crippen molar-refractivity contribution >= 4 is 33.4 Å². The predicted octanol–water partition coefficient (Wildman–Crippen LogP) is 3.54. The van der Waals surface area contributed by atoms with Gasteiger partial charge >= 0.3 is 6.09 Å². The van der Waals surface area contributed by atoms with Crippen LogP contribution in [-0.4, -0.2) is 23.2 Å². The van der Waals surface area contributed by atoms with Gasteiger partial charge in [0.2, 0.25) is 0 Å². The van der Waals surface area contributed by atoms with Crippen LogP contribution in [0.5, 0.6) is 0 Å². The van der Waals surface area contributed by atoms with E-state index in [1.807, 2.05) is 20.8 Å². The predicted molar refractivity (Wildman–Crippen MR) is 79.6 cm³/mol. The third-order valence-corrected chi connectivity index (χ3v) is 4.51. The van der Waals surface area contributed by atoms with Crippen molar-refractivity contribution in [2.75, 3.05) is 6.61 Å². The summed E-state index contributed by atoms with van der Waals surface area (Å²) >= 11 is 5.11. The minimum Gasteiger partial charge on any atom is -0.449 e. The molecule has 1 atom stereocenters. The number of aromatic nitrogens is 1. The summed E-state index contributed by atoms with van der Waals surface area (Å²) in [4.78, 5) is 17.4. The molecule has 1 aromatic rings. The number of nitrogens with zero attached hydrogens (tertiary/aromatic N) is 1. The fraction of sp³-hybridized carbons (Fsp3) is 0.692. The largest absolute Gasteiger partial charge is 0.449 e. The fourth-order valence-corrected chi connectivity index (χ4v) is 3.83. The summed E-state index contributed by atoms with van der Waals surface area (Å²) in [5, 5.41) is 2.80. The number of ether oxygens (including phenoxy) is 1. The summed E-state index contributed by atoms with van der Waals surface area (Å²) in [5.74, 6) is 0.408. The van der Waals surface area contributed by atoms with Gasteiger partial charge < -0.3 is 10.1 Å². The third-order valence-electron chi connectivity index (χ3n) is 2.94. The van der Waals surface area contributed by atoms with Crippen molar-refractivity contribution in [1.29, 1.82) is 0 Å². The van der Waals surface area contributed by atoms with E-state index in [9.17, 15) is 4.79 Å². The smallest absolute Gasteiger partial charge is 0.407 e. The Balaban J connectivity index is 1.81. The molecule has 19 heavy (non-hydrogen) atoms. The van der Waals surface area contributed by atoms with Gasteiger partial charge in [-0.3, -0.25) is 0 Å². The second-order valence-corrected chi connectivity index (χ2v) is 8.28. The number of hydrogen-bond acceptors (Lipinski definition) is 4. The molecule has 0 saturated carbocycles. The number of carbonyl (C=O) groups is 1. The van der Waals surface area contributed by atoms with Gasteiger partial charge in [-0.05, 0) is 61.9 Å². The van der Waals surface area contributed by atoms with Crippen molar-refractivity contribution in [1.82, 2.24) is 10.3 Å². The first-order valence-corrected chi connectivity index (χ1v) is 8.03. The highest BCUT2D eigenvalue weighted by atomic mass is 79.9. The Labute approximate surface area is 126 Å². The molecule has 0 saturated heterocycles. The van der Waals surface area contributed by atoms with Gasteiger partial charge in [0.1, 0.15) is 0 Å². The van der Waals surface area contributed by atoms with Crippen LogP contribution in [0.25, 0.3) is 0 Å². The van der Waals surface area contributed by atoms with Crippen LogP contribution in [-0.2, 0) is 17.6 Å². The molecule has 1 aromatic heterocycles. The molecular formula is C13H19BrN2O2S. The van der Waals surface area contributed by atoms with Crippen LogP contribution in [0.3, 0.4) is 0 Å². The molecule has 0 spiro atoms. The van der Waals surface area contributed by atoms with Gasteiger partial charge in [-0.1, -0.05) is 0 Å². The van der Waals surface area contributed by atoms with Gasteiger partial charge in [0, 0.05) is 10.4 Å². The number of fused-ring (bicyclic) bond motifs is 1. The third kappa shape index (κ3) is 4.45. The maximum Gasteiger partial charge on any atom is 0.407 e. The number of hydrogen-bond donors (Lipinski definition) is 1. The fourth-order valence-electron chi connectivity index (χ4n) is 2.09. The Bertz CT molecular complexity index is 468. The molecule has 0 aromatic carbocycles. The Morgan fingerprint density at radius 1 is 1.58 bits per heavy atom. The molecule has 1 aliphatic rings. The number of thiazole rings is 1. The Hall–Kier alpha value is -0.620. The molecule has 6 heteroatoms. The number of amides is 1.